The Kier molecular flexibility index (Phi) is 6.76. The van der Waals surface area contributed by atoms with E-state index >= 15 is 0 Å². The van der Waals surface area contributed by atoms with Gasteiger partial charge in [-0.25, -0.2) is 0 Å². The number of carbonyl (C=O) groups is 1. The average Bonchev–Trinajstić information content (AvgIpc) is 3.17. The van der Waals surface area contributed by atoms with Gasteiger partial charge in [-0.15, -0.1) is 0 Å². The van der Waals surface area contributed by atoms with Gasteiger partial charge in [-0.05, 0) is 31.3 Å². The van der Waals surface area contributed by atoms with E-state index in [1.165, 1.54) is 28.4 Å². The molecule has 0 atom stereocenters. The highest BCUT2D eigenvalue weighted by molar-refractivity contribution is 6.20. The maximum Gasteiger partial charge on any atom is 0.205 e. The Labute approximate surface area is 179 Å². The van der Waals surface area contributed by atoms with E-state index in [4.69, 9.17) is 23.4 Å². The Morgan fingerprint density at radius 2 is 1.61 bits per heavy atom. The summed E-state index contributed by atoms with van der Waals surface area (Å²) >= 11 is 0. The molecule has 9 heteroatoms. The lowest BCUT2D eigenvalue weighted by molar-refractivity contribution is 0.103. The Balaban J connectivity index is 2.19. The van der Waals surface area contributed by atoms with Gasteiger partial charge in [-0.1, -0.05) is 0 Å². The number of phenolic OH excluding ortho intramolecular Hbond substituents is 1. The monoisotopic (exact) mass is 430 g/mol. The molecule has 0 aliphatic rings. The third kappa shape index (κ3) is 4.04. The van der Waals surface area contributed by atoms with Gasteiger partial charge in [0.1, 0.15) is 0 Å². The second-order valence-electron chi connectivity index (χ2n) is 6.57. The molecule has 2 aromatic carbocycles. The number of anilines is 1. The maximum absolute atomic E-state index is 13.6. The summed E-state index contributed by atoms with van der Waals surface area (Å²) in [5.74, 6) is 1.06. The molecule has 3 rings (SSSR count). The lowest BCUT2D eigenvalue weighted by atomic mass is 10.0. The van der Waals surface area contributed by atoms with Gasteiger partial charge >= 0.3 is 0 Å². The first kappa shape index (κ1) is 22.1. The van der Waals surface area contributed by atoms with Crippen LogP contribution in [0.15, 0.2) is 28.7 Å². The summed E-state index contributed by atoms with van der Waals surface area (Å²) in [4.78, 5) is 13.6. The predicted octanol–water partition coefficient (Wildman–Crippen LogP) is 3.04. The minimum Gasteiger partial charge on any atom is -0.502 e. The van der Waals surface area contributed by atoms with Gasteiger partial charge in [0, 0.05) is 24.0 Å². The highest BCUT2D eigenvalue weighted by atomic mass is 16.5. The van der Waals surface area contributed by atoms with Crippen molar-refractivity contribution in [2.24, 2.45) is 0 Å². The number of ketones is 1. The van der Waals surface area contributed by atoms with Crippen molar-refractivity contribution in [2.45, 2.75) is 0 Å². The smallest absolute Gasteiger partial charge is 0.205 e. The summed E-state index contributed by atoms with van der Waals surface area (Å²) in [6, 6.07) is 6.40. The number of methoxy groups -OCH3 is 4. The summed E-state index contributed by atoms with van der Waals surface area (Å²) < 4.78 is 27.1. The molecule has 0 bridgehead atoms. The molecule has 0 fully saturated rings. The number of benzene rings is 2. The van der Waals surface area contributed by atoms with Gasteiger partial charge in [0.05, 0.1) is 34.0 Å². The van der Waals surface area contributed by atoms with Crippen LogP contribution in [0.2, 0.25) is 0 Å². The number of likely N-dealkylation sites (N-methyl/N-ethyl adjacent to an activating group) is 1. The summed E-state index contributed by atoms with van der Waals surface area (Å²) in [6.07, 6.45) is 0. The van der Waals surface area contributed by atoms with E-state index in [9.17, 15) is 9.90 Å². The van der Waals surface area contributed by atoms with Crippen LogP contribution in [0.3, 0.4) is 0 Å². The zero-order valence-electron chi connectivity index (χ0n) is 18.1. The fourth-order valence-corrected chi connectivity index (χ4v) is 3.30. The van der Waals surface area contributed by atoms with E-state index in [2.05, 4.69) is 10.6 Å². The van der Waals surface area contributed by atoms with Crippen molar-refractivity contribution in [3.8, 4) is 28.7 Å². The minimum absolute atomic E-state index is 0.155. The number of aromatic hydroxyl groups is 1. The molecule has 3 aromatic rings. The van der Waals surface area contributed by atoms with Crippen molar-refractivity contribution in [1.82, 2.24) is 5.32 Å². The number of hydrogen-bond acceptors (Lipinski definition) is 9. The number of rotatable bonds is 10. The molecule has 31 heavy (non-hydrogen) atoms. The zero-order chi connectivity index (χ0) is 22.5. The average molecular weight is 430 g/mol. The number of furan rings is 1. The molecule has 1 aromatic heterocycles. The van der Waals surface area contributed by atoms with E-state index in [0.29, 0.717) is 41.3 Å². The van der Waals surface area contributed by atoms with Crippen molar-refractivity contribution < 1.29 is 33.3 Å². The van der Waals surface area contributed by atoms with E-state index in [0.717, 1.165) is 0 Å². The van der Waals surface area contributed by atoms with E-state index in [1.807, 2.05) is 7.05 Å². The molecule has 166 valence electrons. The number of ether oxygens (including phenoxy) is 4. The number of carbonyl (C=O) groups excluding carboxylic acids is 1. The van der Waals surface area contributed by atoms with Crippen LogP contribution < -0.4 is 29.6 Å². The van der Waals surface area contributed by atoms with Crippen LogP contribution in [0.4, 0.5) is 5.88 Å². The molecule has 1 heterocycles. The molecule has 0 amide bonds. The number of nitrogens with one attached hydrogen (secondary N) is 2. The lowest BCUT2D eigenvalue weighted by Crippen LogP contribution is -2.18. The van der Waals surface area contributed by atoms with Crippen LogP contribution in [0.5, 0.6) is 28.7 Å². The Morgan fingerprint density at radius 1 is 0.968 bits per heavy atom. The van der Waals surface area contributed by atoms with E-state index in [1.54, 1.807) is 24.3 Å². The third-order valence-corrected chi connectivity index (χ3v) is 4.83. The molecule has 9 nitrogen and oxygen atoms in total. The predicted molar refractivity (Wildman–Crippen MR) is 116 cm³/mol. The number of fused-ring (bicyclic) bond motifs is 1. The maximum atomic E-state index is 13.6. The molecule has 3 N–H and O–H groups in total. The fraction of sp³-hybridized carbons (Fsp3) is 0.318. The van der Waals surface area contributed by atoms with Crippen molar-refractivity contribution >= 4 is 22.6 Å². The summed E-state index contributed by atoms with van der Waals surface area (Å²) in [7, 11) is 7.71. The summed E-state index contributed by atoms with van der Waals surface area (Å²) in [5.41, 5.74) is 0.740. The van der Waals surface area contributed by atoms with Gasteiger partial charge in [0.15, 0.2) is 28.6 Å². The van der Waals surface area contributed by atoms with Crippen molar-refractivity contribution in [3.63, 3.8) is 0 Å². The molecule has 0 aliphatic carbocycles. The molecule has 0 spiro atoms. The first-order valence-electron chi connectivity index (χ1n) is 9.56. The van der Waals surface area contributed by atoms with Crippen molar-refractivity contribution in [2.75, 3.05) is 53.9 Å². The number of hydrogen-bond donors (Lipinski definition) is 3. The quantitative estimate of drug-likeness (QED) is 0.330. The van der Waals surface area contributed by atoms with Gasteiger partial charge < -0.3 is 39.1 Å². The van der Waals surface area contributed by atoms with Crippen LogP contribution in [0.1, 0.15) is 15.9 Å². The van der Waals surface area contributed by atoms with Crippen LogP contribution in [-0.2, 0) is 0 Å². The lowest BCUT2D eigenvalue weighted by Gasteiger charge is -2.14. The van der Waals surface area contributed by atoms with Gasteiger partial charge in [0.25, 0.3) is 0 Å². The largest absolute Gasteiger partial charge is 0.502 e. The highest BCUT2D eigenvalue weighted by Crippen LogP contribution is 2.43. The normalized spacial score (nSPS) is 10.7. The molecule has 0 aliphatic heterocycles. The van der Waals surface area contributed by atoms with Gasteiger partial charge in [0.2, 0.25) is 17.4 Å². The van der Waals surface area contributed by atoms with Crippen molar-refractivity contribution in [3.05, 3.63) is 35.4 Å². The van der Waals surface area contributed by atoms with Gasteiger partial charge in [-0.2, -0.15) is 0 Å². The fourth-order valence-electron chi connectivity index (χ4n) is 3.30. The van der Waals surface area contributed by atoms with Crippen LogP contribution >= 0.6 is 0 Å². The van der Waals surface area contributed by atoms with E-state index in [-0.39, 0.29) is 34.3 Å². The van der Waals surface area contributed by atoms with Gasteiger partial charge in [-0.3, -0.25) is 4.79 Å². The van der Waals surface area contributed by atoms with Crippen LogP contribution in [-0.4, -0.2) is 59.5 Å². The van der Waals surface area contributed by atoms with Crippen molar-refractivity contribution in [1.29, 1.82) is 0 Å². The SMILES string of the molecule is CNCCNc1oc2c(O)c(OC)ccc2c1C(=O)c1cc(OC)c(OC)c(OC)c1. The second kappa shape index (κ2) is 9.48. The Morgan fingerprint density at radius 3 is 2.16 bits per heavy atom. The molecule has 0 saturated heterocycles. The second-order valence-corrected chi connectivity index (χ2v) is 6.57. The first-order valence-corrected chi connectivity index (χ1v) is 9.56. The molecule has 0 unspecified atom stereocenters. The Bertz CT molecular complexity index is 1070. The first-order chi connectivity index (χ1) is 15.0. The summed E-state index contributed by atoms with van der Waals surface area (Å²) in [5, 5.41) is 17.1. The minimum atomic E-state index is -0.338. The number of phenols is 1. The standard InChI is InChI=1S/C22H26N2O7/c1-23-8-9-24-22-17(13-6-7-14(27-2)19(26)20(13)31-22)18(25)12-10-15(28-3)21(30-5)16(11-12)29-4/h6-7,10-11,23-24,26H,8-9H2,1-5H3. The molecule has 0 saturated carbocycles. The summed E-state index contributed by atoms with van der Waals surface area (Å²) in [6.45, 7) is 1.15. The molecular formula is C22H26N2O7. The molecule has 0 radical (unpaired) electrons. The Hall–Kier alpha value is -3.59. The van der Waals surface area contributed by atoms with E-state index < -0.39 is 0 Å². The van der Waals surface area contributed by atoms with Crippen LogP contribution in [0, 0.1) is 0 Å². The topological polar surface area (TPSA) is 111 Å². The van der Waals surface area contributed by atoms with Crippen LogP contribution in [0.25, 0.3) is 11.0 Å². The highest BCUT2D eigenvalue weighted by Gasteiger charge is 2.27. The molecular weight excluding hydrogens is 404 g/mol. The zero-order valence-corrected chi connectivity index (χ0v) is 18.1. The third-order valence-electron chi connectivity index (χ3n) is 4.83.